The molecule has 0 unspecified atom stereocenters. The fraction of sp³-hybridized carbons (Fsp3) is 0.133. The number of ether oxygens (including phenoxy) is 1. The smallest absolute Gasteiger partial charge is 0.361 e. The van der Waals surface area contributed by atoms with E-state index in [9.17, 15) is 4.79 Å². The van der Waals surface area contributed by atoms with Gasteiger partial charge in [0.2, 0.25) is 0 Å². The van der Waals surface area contributed by atoms with Gasteiger partial charge in [-0.05, 0) is 23.8 Å². The third-order valence-corrected chi connectivity index (χ3v) is 3.04. The number of rotatable bonds is 3. The van der Waals surface area contributed by atoms with E-state index in [1.807, 2.05) is 42.5 Å². The summed E-state index contributed by atoms with van der Waals surface area (Å²) in [4.78, 5) is 11.8. The molecule has 100 valence electrons. The number of carbonyl (C=O) groups is 1. The molecule has 1 aromatic heterocycles. The Kier molecular flexibility index (Phi) is 3.16. The summed E-state index contributed by atoms with van der Waals surface area (Å²) in [6, 6.07) is 13.9. The minimum absolute atomic E-state index is 0.210. The highest BCUT2D eigenvalue weighted by Crippen LogP contribution is 2.24. The fourth-order valence-corrected chi connectivity index (χ4v) is 2.11. The van der Waals surface area contributed by atoms with Crippen LogP contribution in [0.3, 0.4) is 0 Å². The van der Waals surface area contributed by atoms with Gasteiger partial charge in [-0.1, -0.05) is 36.4 Å². The maximum atomic E-state index is 11.8. The van der Waals surface area contributed by atoms with Crippen molar-refractivity contribution in [3.05, 3.63) is 48.2 Å². The molecule has 1 N–H and O–H groups in total. The predicted molar refractivity (Wildman–Crippen MR) is 75.3 cm³/mol. The third kappa shape index (κ3) is 2.14. The first kappa shape index (κ1) is 12.3. The molecule has 0 saturated carbocycles. The van der Waals surface area contributed by atoms with E-state index < -0.39 is 5.97 Å². The lowest BCUT2D eigenvalue weighted by Crippen LogP contribution is -2.06. The van der Waals surface area contributed by atoms with E-state index in [1.165, 1.54) is 0 Å². The van der Waals surface area contributed by atoms with Crippen molar-refractivity contribution in [3.63, 3.8) is 0 Å². The molecular formula is C15H13N3O2. The Bertz CT molecular complexity index is 764. The number of nitrogens with one attached hydrogen (secondary N) is 1. The zero-order valence-corrected chi connectivity index (χ0v) is 11.0. The van der Waals surface area contributed by atoms with Crippen molar-refractivity contribution in [3.8, 4) is 11.3 Å². The molecule has 0 aliphatic carbocycles. The zero-order chi connectivity index (χ0) is 13.9. The van der Waals surface area contributed by atoms with Crippen molar-refractivity contribution in [2.45, 2.75) is 6.92 Å². The van der Waals surface area contributed by atoms with Gasteiger partial charge in [0.15, 0.2) is 5.69 Å². The van der Waals surface area contributed by atoms with Crippen molar-refractivity contribution in [1.82, 2.24) is 15.4 Å². The molecule has 0 amide bonds. The molecule has 5 heteroatoms. The molecular weight excluding hydrogens is 254 g/mol. The topological polar surface area (TPSA) is 67.9 Å². The van der Waals surface area contributed by atoms with Crippen molar-refractivity contribution in [1.29, 1.82) is 0 Å². The van der Waals surface area contributed by atoms with Gasteiger partial charge in [0.05, 0.1) is 6.61 Å². The summed E-state index contributed by atoms with van der Waals surface area (Å²) in [6.07, 6.45) is 0. The van der Waals surface area contributed by atoms with Crippen LogP contribution in [-0.4, -0.2) is 28.0 Å². The Morgan fingerprint density at radius 3 is 2.75 bits per heavy atom. The SMILES string of the molecule is CCOC(=O)c1n[nH]nc1-c1ccc2ccccc2c1. The molecule has 0 aliphatic heterocycles. The number of aromatic amines is 1. The molecule has 5 nitrogen and oxygen atoms in total. The minimum Gasteiger partial charge on any atom is -0.461 e. The largest absolute Gasteiger partial charge is 0.461 e. The van der Waals surface area contributed by atoms with Gasteiger partial charge in [-0.3, -0.25) is 0 Å². The van der Waals surface area contributed by atoms with Gasteiger partial charge in [-0.2, -0.15) is 10.3 Å². The quantitative estimate of drug-likeness (QED) is 0.741. The Morgan fingerprint density at radius 2 is 1.95 bits per heavy atom. The maximum Gasteiger partial charge on any atom is 0.361 e. The molecule has 0 spiro atoms. The van der Waals surface area contributed by atoms with Gasteiger partial charge < -0.3 is 4.74 Å². The van der Waals surface area contributed by atoms with Crippen LogP contribution >= 0.6 is 0 Å². The molecule has 0 fully saturated rings. The Labute approximate surface area is 115 Å². The van der Waals surface area contributed by atoms with Crippen LogP contribution in [0.25, 0.3) is 22.0 Å². The fourth-order valence-electron chi connectivity index (χ4n) is 2.11. The Morgan fingerprint density at radius 1 is 1.15 bits per heavy atom. The van der Waals surface area contributed by atoms with Gasteiger partial charge in [0.25, 0.3) is 0 Å². The summed E-state index contributed by atoms with van der Waals surface area (Å²) in [5.41, 5.74) is 1.55. The molecule has 2 aromatic carbocycles. The van der Waals surface area contributed by atoms with E-state index >= 15 is 0 Å². The molecule has 0 aliphatic rings. The summed E-state index contributed by atoms with van der Waals surface area (Å²) >= 11 is 0. The van der Waals surface area contributed by atoms with E-state index in [0.29, 0.717) is 12.3 Å². The van der Waals surface area contributed by atoms with E-state index in [2.05, 4.69) is 15.4 Å². The molecule has 3 rings (SSSR count). The number of carbonyl (C=O) groups excluding carboxylic acids is 1. The second kappa shape index (κ2) is 5.13. The monoisotopic (exact) mass is 267 g/mol. The van der Waals surface area contributed by atoms with Gasteiger partial charge in [-0.25, -0.2) is 4.79 Å². The highest BCUT2D eigenvalue weighted by atomic mass is 16.5. The first-order chi connectivity index (χ1) is 9.79. The number of fused-ring (bicyclic) bond motifs is 1. The highest BCUT2D eigenvalue weighted by molar-refractivity contribution is 5.95. The van der Waals surface area contributed by atoms with Gasteiger partial charge in [-0.15, -0.1) is 5.10 Å². The minimum atomic E-state index is -0.468. The number of aromatic nitrogens is 3. The van der Waals surface area contributed by atoms with Crippen LogP contribution < -0.4 is 0 Å². The van der Waals surface area contributed by atoms with Gasteiger partial charge in [0, 0.05) is 5.56 Å². The molecule has 0 radical (unpaired) electrons. The first-order valence-electron chi connectivity index (χ1n) is 6.36. The van der Waals surface area contributed by atoms with Crippen LogP contribution in [0.4, 0.5) is 0 Å². The highest BCUT2D eigenvalue weighted by Gasteiger charge is 2.18. The number of H-pyrrole nitrogens is 1. The maximum absolute atomic E-state index is 11.8. The lowest BCUT2D eigenvalue weighted by atomic mass is 10.0. The second-order valence-corrected chi connectivity index (χ2v) is 4.30. The first-order valence-corrected chi connectivity index (χ1v) is 6.36. The van der Waals surface area contributed by atoms with Crippen LogP contribution in [0, 0.1) is 0 Å². The average molecular weight is 267 g/mol. The number of nitrogens with zero attached hydrogens (tertiary/aromatic N) is 2. The summed E-state index contributed by atoms with van der Waals surface area (Å²) in [7, 11) is 0. The average Bonchev–Trinajstić information content (AvgIpc) is 2.96. The van der Waals surface area contributed by atoms with Crippen LogP contribution in [0.5, 0.6) is 0 Å². The summed E-state index contributed by atoms with van der Waals surface area (Å²) in [5, 5.41) is 12.6. The predicted octanol–water partition coefficient (Wildman–Crippen LogP) is 2.80. The van der Waals surface area contributed by atoms with E-state index in [0.717, 1.165) is 16.3 Å². The van der Waals surface area contributed by atoms with Crippen molar-refractivity contribution < 1.29 is 9.53 Å². The lowest BCUT2D eigenvalue weighted by molar-refractivity contribution is 0.0520. The van der Waals surface area contributed by atoms with Crippen LogP contribution in [-0.2, 0) is 4.74 Å². The summed E-state index contributed by atoms with van der Waals surface area (Å²) in [6.45, 7) is 2.07. The number of hydrogen-bond donors (Lipinski definition) is 1. The number of benzene rings is 2. The van der Waals surface area contributed by atoms with E-state index in [-0.39, 0.29) is 5.69 Å². The Hall–Kier alpha value is -2.69. The molecule has 0 atom stereocenters. The number of esters is 1. The molecule has 20 heavy (non-hydrogen) atoms. The van der Waals surface area contributed by atoms with Crippen LogP contribution in [0.2, 0.25) is 0 Å². The molecule has 3 aromatic rings. The standard InChI is InChI=1S/C15H13N3O2/c1-2-20-15(19)14-13(16-18-17-14)12-8-7-10-5-3-4-6-11(10)9-12/h3-9H,2H2,1H3,(H,16,17,18). The second-order valence-electron chi connectivity index (χ2n) is 4.30. The van der Waals surface area contributed by atoms with Crippen molar-refractivity contribution in [2.75, 3.05) is 6.61 Å². The normalized spacial score (nSPS) is 10.7. The van der Waals surface area contributed by atoms with Gasteiger partial charge in [0.1, 0.15) is 5.69 Å². The van der Waals surface area contributed by atoms with Crippen LogP contribution in [0.15, 0.2) is 42.5 Å². The Balaban J connectivity index is 2.07. The summed E-state index contributed by atoms with van der Waals surface area (Å²) in [5.74, 6) is -0.468. The van der Waals surface area contributed by atoms with Crippen molar-refractivity contribution >= 4 is 16.7 Å². The van der Waals surface area contributed by atoms with Gasteiger partial charge >= 0.3 is 5.97 Å². The summed E-state index contributed by atoms with van der Waals surface area (Å²) < 4.78 is 4.97. The third-order valence-electron chi connectivity index (χ3n) is 3.04. The van der Waals surface area contributed by atoms with Crippen LogP contribution in [0.1, 0.15) is 17.4 Å². The number of hydrogen-bond acceptors (Lipinski definition) is 4. The zero-order valence-electron chi connectivity index (χ0n) is 11.0. The van der Waals surface area contributed by atoms with E-state index in [4.69, 9.17) is 4.74 Å². The molecule has 0 saturated heterocycles. The van der Waals surface area contributed by atoms with E-state index in [1.54, 1.807) is 6.92 Å². The molecule has 1 heterocycles. The molecule has 0 bridgehead atoms. The lowest BCUT2D eigenvalue weighted by Gasteiger charge is -2.03. The van der Waals surface area contributed by atoms with Crippen molar-refractivity contribution in [2.24, 2.45) is 0 Å².